The van der Waals surface area contributed by atoms with Crippen LogP contribution in [-0.4, -0.2) is 16.1 Å². The molecule has 0 aromatic carbocycles. The SMILES string of the molecule is Cc1cc(OC(C)C)nc(C(C)C)n1. The fraction of sp³-hybridized carbons (Fsp3) is 0.636. The Labute approximate surface area is 85.5 Å². The highest BCUT2D eigenvalue weighted by molar-refractivity contribution is 5.16. The fourth-order valence-corrected chi connectivity index (χ4v) is 1.12. The Morgan fingerprint density at radius 2 is 1.79 bits per heavy atom. The van der Waals surface area contributed by atoms with Crippen LogP contribution in [0.1, 0.15) is 45.1 Å². The molecule has 0 unspecified atom stereocenters. The summed E-state index contributed by atoms with van der Waals surface area (Å²) in [6.07, 6.45) is 0.157. The van der Waals surface area contributed by atoms with Crippen LogP contribution >= 0.6 is 0 Å². The van der Waals surface area contributed by atoms with Crippen molar-refractivity contribution in [1.29, 1.82) is 0 Å². The van der Waals surface area contributed by atoms with Crippen LogP contribution in [0.25, 0.3) is 0 Å². The van der Waals surface area contributed by atoms with E-state index in [1.807, 2.05) is 26.8 Å². The molecule has 78 valence electrons. The van der Waals surface area contributed by atoms with Crippen LogP contribution in [0.2, 0.25) is 0 Å². The highest BCUT2D eigenvalue weighted by Crippen LogP contribution is 2.15. The molecule has 0 fully saturated rings. The molecule has 14 heavy (non-hydrogen) atoms. The molecule has 0 spiro atoms. The molecule has 0 N–H and O–H groups in total. The van der Waals surface area contributed by atoms with E-state index in [0.29, 0.717) is 11.8 Å². The Kier molecular flexibility index (Phi) is 3.44. The van der Waals surface area contributed by atoms with Gasteiger partial charge in [-0.1, -0.05) is 13.8 Å². The molecule has 1 aromatic heterocycles. The largest absolute Gasteiger partial charge is 0.475 e. The van der Waals surface area contributed by atoms with E-state index < -0.39 is 0 Å². The van der Waals surface area contributed by atoms with E-state index in [4.69, 9.17) is 4.74 Å². The Hall–Kier alpha value is -1.12. The van der Waals surface area contributed by atoms with Crippen LogP contribution in [0.15, 0.2) is 6.07 Å². The van der Waals surface area contributed by atoms with Crippen molar-refractivity contribution < 1.29 is 4.74 Å². The molecule has 1 aromatic rings. The van der Waals surface area contributed by atoms with Gasteiger partial charge in [0.05, 0.1) is 6.10 Å². The zero-order valence-electron chi connectivity index (χ0n) is 9.53. The lowest BCUT2D eigenvalue weighted by molar-refractivity contribution is 0.231. The van der Waals surface area contributed by atoms with E-state index in [9.17, 15) is 0 Å². The van der Waals surface area contributed by atoms with Gasteiger partial charge < -0.3 is 4.74 Å². The molecular formula is C11H18N2O. The molecule has 0 saturated heterocycles. The van der Waals surface area contributed by atoms with Gasteiger partial charge in [-0.05, 0) is 20.8 Å². The summed E-state index contributed by atoms with van der Waals surface area (Å²) in [5.74, 6) is 1.86. The normalized spacial score (nSPS) is 11.1. The van der Waals surface area contributed by atoms with Crippen molar-refractivity contribution in [2.45, 2.75) is 46.6 Å². The monoisotopic (exact) mass is 194 g/mol. The molecule has 3 nitrogen and oxygen atoms in total. The van der Waals surface area contributed by atoms with E-state index in [1.54, 1.807) is 0 Å². The minimum absolute atomic E-state index is 0.157. The molecule has 1 rings (SSSR count). The minimum atomic E-state index is 0.157. The first-order valence-electron chi connectivity index (χ1n) is 5.01. The number of aryl methyl sites for hydroxylation is 1. The summed E-state index contributed by atoms with van der Waals surface area (Å²) >= 11 is 0. The molecule has 0 saturated carbocycles. The maximum Gasteiger partial charge on any atom is 0.217 e. The second-order valence-electron chi connectivity index (χ2n) is 4.03. The number of hydrogen-bond donors (Lipinski definition) is 0. The summed E-state index contributed by atoms with van der Waals surface area (Å²) in [6.45, 7) is 10.1. The summed E-state index contributed by atoms with van der Waals surface area (Å²) in [6, 6.07) is 1.87. The lowest BCUT2D eigenvalue weighted by Gasteiger charge is -2.11. The highest BCUT2D eigenvalue weighted by Gasteiger charge is 2.07. The topological polar surface area (TPSA) is 35.0 Å². The second-order valence-corrected chi connectivity index (χ2v) is 4.03. The van der Waals surface area contributed by atoms with Gasteiger partial charge in [-0.25, -0.2) is 4.98 Å². The zero-order valence-corrected chi connectivity index (χ0v) is 9.53. The van der Waals surface area contributed by atoms with Crippen LogP contribution in [-0.2, 0) is 0 Å². The van der Waals surface area contributed by atoms with Gasteiger partial charge in [0.1, 0.15) is 5.82 Å². The Bertz CT molecular complexity index is 308. The third-order valence-corrected chi connectivity index (χ3v) is 1.72. The first-order chi connectivity index (χ1) is 6.49. The first-order valence-corrected chi connectivity index (χ1v) is 5.01. The Morgan fingerprint density at radius 3 is 2.29 bits per heavy atom. The minimum Gasteiger partial charge on any atom is -0.475 e. The highest BCUT2D eigenvalue weighted by atomic mass is 16.5. The molecule has 0 amide bonds. The molecule has 0 radical (unpaired) electrons. The average Bonchev–Trinajstić information content (AvgIpc) is 2.01. The van der Waals surface area contributed by atoms with Crippen molar-refractivity contribution in [3.8, 4) is 5.88 Å². The standard InChI is InChI=1S/C11H18N2O/c1-7(2)11-12-9(5)6-10(13-11)14-8(3)4/h6-8H,1-5H3. The molecule has 0 aliphatic carbocycles. The Morgan fingerprint density at radius 1 is 1.14 bits per heavy atom. The second kappa shape index (κ2) is 4.40. The number of hydrogen-bond acceptors (Lipinski definition) is 3. The average molecular weight is 194 g/mol. The first kappa shape index (κ1) is 11.0. The quantitative estimate of drug-likeness (QED) is 0.742. The summed E-state index contributed by atoms with van der Waals surface area (Å²) in [5.41, 5.74) is 0.958. The van der Waals surface area contributed by atoms with E-state index in [1.165, 1.54) is 0 Å². The zero-order chi connectivity index (χ0) is 10.7. The van der Waals surface area contributed by atoms with E-state index in [2.05, 4.69) is 23.8 Å². The third kappa shape index (κ3) is 2.98. The van der Waals surface area contributed by atoms with Crippen molar-refractivity contribution in [2.75, 3.05) is 0 Å². The summed E-state index contributed by atoms with van der Waals surface area (Å²) in [4.78, 5) is 8.69. The predicted molar refractivity (Wildman–Crippen MR) is 56.6 cm³/mol. The van der Waals surface area contributed by atoms with Gasteiger partial charge in [-0.3, -0.25) is 0 Å². The summed E-state index contributed by atoms with van der Waals surface area (Å²) < 4.78 is 5.53. The maximum atomic E-state index is 5.53. The van der Waals surface area contributed by atoms with E-state index in [-0.39, 0.29) is 6.10 Å². The number of nitrogens with zero attached hydrogens (tertiary/aromatic N) is 2. The lowest BCUT2D eigenvalue weighted by atomic mass is 10.2. The van der Waals surface area contributed by atoms with Crippen molar-refractivity contribution in [3.05, 3.63) is 17.6 Å². The summed E-state index contributed by atoms with van der Waals surface area (Å²) in [7, 11) is 0. The maximum absolute atomic E-state index is 5.53. The number of rotatable bonds is 3. The lowest BCUT2D eigenvalue weighted by Crippen LogP contribution is -2.09. The van der Waals surface area contributed by atoms with Crippen LogP contribution < -0.4 is 4.74 Å². The smallest absolute Gasteiger partial charge is 0.217 e. The molecule has 3 heteroatoms. The van der Waals surface area contributed by atoms with Gasteiger partial charge in [0.2, 0.25) is 5.88 Å². The van der Waals surface area contributed by atoms with Gasteiger partial charge in [0, 0.05) is 17.7 Å². The van der Waals surface area contributed by atoms with Crippen LogP contribution in [0.4, 0.5) is 0 Å². The predicted octanol–water partition coefficient (Wildman–Crippen LogP) is 2.70. The summed E-state index contributed by atoms with van der Waals surface area (Å²) in [5, 5.41) is 0. The van der Waals surface area contributed by atoms with Gasteiger partial charge in [-0.2, -0.15) is 4.98 Å². The van der Waals surface area contributed by atoms with Gasteiger partial charge in [-0.15, -0.1) is 0 Å². The van der Waals surface area contributed by atoms with Gasteiger partial charge in [0.25, 0.3) is 0 Å². The Balaban J connectivity index is 2.95. The molecule has 1 heterocycles. The fourth-order valence-electron chi connectivity index (χ4n) is 1.12. The number of aromatic nitrogens is 2. The van der Waals surface area contributed by atoms with Crippen molar-refractivity contribution in [3.63, 3.8) is 0 Å². The molecule has 0 atom stereocenters. The van der Waals surface area contributed by atoms with E-state index in [0.717, 1.165) is 11.5 Å². The van der Waals surface area contributed by atoms with Crippen molar-refractivity contribution in [1.82, 2.24) is 9.97 Å². The third-order valence-electron chi connectivity index (χ3n) is 1.72. The molecular weight excluding hydrogens is 176 g/mol. The van der Waals surface area contributed by atoms with Gasteiger partial charge >= 0.3 is 0 Å². The molecule has 0 bridgehead atoms. The van der Waals surface area contributed by atoms with Crippen LogP contribution in [0.5, 0.6) is 5.88 Å². The number of ether oxygens (including phenoxy) is 1. The van der Waals surface area contributed by atoms with Crippen molar-refractivity contribution >= 4 is 0 Å². The van der Waals surface area contributed by atoms with E-state index >= 15 is 0 Å². The molecule has 0 aliphatic rings. The van der Waals surface area contributed by atoms with Crippen molar-refractivity contribution in [2.24, 2.45) is 0 Å². The molecule has 0 aliphatic heterocycles. The van der Waals surface area contributed by atoms with Crippen LogP contribution in [0.3, 0.4) is 0 Å². The van der Waals surface area contributed by atoms with Gasteiger partial charge in [0.15, 0.2) is 0 Å². The van der Waals surface area contributed by atoms with Crippen LogP contribution in [0, 0.1) is 6.92 Å².